The average Bonchev–Trinajstić information content (AvgIpc) is 3.35. The number of fused-ring (bicyclic) bond motifs is 1. The molecule has 0 aromatic carbocycles. The lowest BCUT2D eigenvalue weighted by Gasteiger charge is -2.34. The van der Waals surface area contributed by atoms with Gasteiger partial charge in [0, 0.05) is 56.1 Å². The highest BCUT2D eigenvalue weighted by atomic mass is 32.1. The molecule has 8 heteroatoms. The number of nitrogens with zero attached hydrogens (tertiary/aromatic N) is 3. The van der Waals surface area contributed by atoms with E-state index in [1.54, 1.807) is 11.3 Å². The van der Waals surface area contributed by atoms with E-state index in [0.717, 1.165) is 25.9 Å². The standard InChI is InChI=1S/C21H32N4O3S/c1-23-15(4-5-19(27)24-9-6-16(26)7-10-24)13-22-21(28)20-18(23)8-11-25(20)14-17-3-2-12-29-17/h2-3,12,15-16,18,20,26H,4-11,13-14H2,1H3,(H,22,28)/t15-,18-,20-/m0/s1. The van der Waals surface area contributed by atoms with Gasteiger partial charge in [-0.25, -0.2) is 0 Å². The van der Waals surface area contributed by atoms with Gasteiger partial charge >= 0.3 is 0 Å². The fourth-order valence-corrected chi connectivity index (χ4v) is 5.72. The molecule has 0 spiro atoms. The van der Waals surface area contributed by atoms with Crippen LogP contribution in [0.5, 0.6) is 0 Å². The highest BCUT2D eigenvalue weighted by Gasteiger charge is 2.45. The summed E-state index contributed by atoms with van der Waals surface area (Å²) in [4.78, 5) is 33.3. The Hall–Kier alpha value is -1.48. The molecule has 4 heterocycles. The van der Waals surface area contributed by atoms with Crippen LogP contribution in [0.4, 0.5) is 0 Å². The van der Waals surface area contributed by atoms with Crippen LogP contribution in [0.3, 0.4) is 0 Å². The largest absolute Gasteiger partial charge is 0.393 e. The molecule has 0 aliphatic carbocycles. The maximum atomic E-state index is 12.9. The number of rotatable bonds is 5. The molecule has 1 aromatic heterocycles. The summed E-state index contributed by atoms with van der Waals surface area (Å²) >= 11 is 1.74. The van der Waals surface area contributed by atoms with Gasteiger partial charge in [0.1, 0.15) is 6.04 Å². The van der Waals surface area contributed by atoms with E-state index >= 15 is 0 Å². The van der Waals surface area contributed by atoms with E-state index in [-0.39, 0.29) is 36.0 Å². The van der Waals surface area contributed by atoms with Crippen LogP contribution in [0, 0.1) is 0 Å². The number of amides is 2. The number of hydrogen-bond acceptors (Lipinski definition) is 6. The monoisotopic (exact) mass is 420 g/mol. The Kier molecular flexibility index (Phi) is 6.53. The molecular weight excluding hydrogens is 388 g/mol. The van der Waals surface area contributed by atoms with E-state index in [4.69, 9.17) is 0 Å². The van der Waals surface area contributed by atoms with Crippen molar-refractivity contribution in [1.29, 1.82) is 0 Å². The number of likely N-dealkylation sites (N-methyl/N-ethyl adjacent to an activating group) is 1. The van der Waals surface area contributed by atoms with E-state index in [9.17, 15) is 14.7 Å². The van der Waals surface area contributed by atoms with Crippen molar-refractivity contribution in [2.45, 2.75) is 62.9 Å². The van der Waals surface area contributed by atoms with Crippen LogP contribution < -0.4 is 5.32 Å². The topological polar surface area (TPSA) is 76.1 Å². The molecule has 0 saturated carbocycles. The summed E-state index contributed by atoms with van der Waals surface area (Å²) in [5.41, 5.74) is 0. The second kappa shape index (κ2) is 9.12. The highest BCUT2D eigenvalue weighted by molar-refractivity contribution is 7.09. The molecule has 0 unspecified atom stereocenters. The van der Waals surface area contributed by atoms with Crippen molar-refractivity contribution < 1.29 is 14.7 Å². The van der Waals surface area contributed by atoms with Crippen molar-refractivity contribution >= 4 is 23.2 Å². The van der Waals surface area contributed by atoms with Gasteiger partial charge in [0.15, 0.2) is 0 Å². The van der Waals surface area contributed by atoms with Gasteiger partial charge < -0.3 is 15.3 Å². The first-order valence-electron chi connectivity index (χ1n) is 10.7. The van der Waals surface area contributed by atoms with Crippen LogP contribution in [0.2, 0.25) is 0 Å². The Balaban J connectivity index is 1.35. The Morgan fingerprint density at radius 3 is 2.79 bits per heavy atom. The van der Waals surface area contributed by atoms with Crippen LogP contribution in [0.1, 0.15) is 37.0 Å². The number of carbonyl (C=O) groups excluding carboxylic acids is 2. The molecule has 29 heavy (non-hydrogen) atoms. The number of thiophene rings is 1. The maximum Gasteiger partial charge on any atom is 0.239 e. The first kappa shape index (κ1) is 20.8. The van der Waals surface area contributed by atoms with Gasteiger partial charge in [-0.15, -0.1) is 11.3 Å². The first-order chi connectivity index (χ1) is 14.0. The summed E-state index contributed by atoms with van der Waals surface area (Å²) in [7, 11) is 2.11. The lowest BCUT2D eigenvalue weighted by atomic mass is 10.0. The maximum absolute atomic E-state index is 12.9. The molecule has 0 radical (unpaired) electrons. The summed E-state index contributed by atoms with van der Waals surface area (Å²) in [6, 6.07) is 4.44. The van der Waals surface area contributed by atoms with E-state index in [1.807, 2.05) is 4.90 Å². The second-order valence-electron chi connectivity index (χ2n) is 8.57. The summed E-state index contributed by atoms with van der Waals surface area (Å²) in [6.07, 6.45) is 3.32. The summed E-state index contributed by atoms with van der Waals surface area (Å²) < 4.78 is 0. The van der Waals surface area contributed by atoms with E-state index in [2.05, 4.69) is 39.7 Å². The van der Waals surface area contributed by atoms with Crippen molar-refractivity contribution in [2.24, 2.45) is 0 Å². The second-order valence-corrected chi connectivity index (χ2v) is 9.60. The lowest BCUT2D eigenvalue weighted by molar-refractivity contribution is -0.133. The summed E-state index contributed by atoms with van der Waals surface area (Å²) in [6.45, 7) is 3.65. The third kappa shape index (κ3) is 4.66. The molecule has 3 saturated heterocycles. The number of hydrogen-bond donors (Lipinski definition) is 2. The van der Waals surface area contributed by atoms with Crippen LogP contribution in [-0.2, 0) is 16.1 Å². The van der Waals surface area contributed by atoms with Crippen molar-refractivity contribution in [3.8, 4) is 0 Å². The molecule has 2 N–H and O–H groups in total. The number of aliphatic hydroxyl groups excluding tert-OH is 1. The molecule has 4 rings (SSSR count). The zero-order valence-corrected chi connectivity index (χ0v) is 17.9. The molecule has 1 aromatic rings. The summed E-state index contributed by atoms with van der Waals surface area (Å²) in [5, 5.41) is 14.9. The van der Waals surface area contributed by atoms with Gasteiger partial charge in [-0.05, 0) is 44.2 Å². The minimum absolute atomic E-state index is 0.119. The molecular formula is C21H32N4O3S. The van der Waals surface area contributed by atoms with Gasteiger partial charge in [0.2, 0.25) is 11.8 Å². The van der Waals surface area contributed by atoms with Crippen LogP contribution in [0.15, 0.2) is 17.5 Å². The van der Waals surface area contributed by atoms with Gasteiger partial charge in [-0.2, -0.15) is 0 Å². The highest BCUT2D eigenvalue weighted by Crippen LogP contribution is 2.29. The SMILES string of the molecule is CN1[C@@H](CCC(=O)N2CCC(O)CC2)CNC(=O)[C@@H]2[C@@H]1CCN2Cc1cccs1. The molecule has 0 bridgehead atoms. The van der Waals surface area contributed by atoms with Gasteiger partial charge in [-0.1, -0.05) is 6.07 Å². The lowest BCUT2D eigenvalue weighted by Crippen LogP contribution is -2.49. The van der Waals surface area contributed by atoms with Crippen LogP contribution >= 0.6 is 11.3 Å². The quantitative estimate of drug-likeness (QED) is 0.740. The fourth-order valence-electron chi connectivity index (χ4n) is 4.99. The van der Waals surface area contributed by atoms with Crippen molar-refractivity contribution in [1.82, 2.24) is 20.0 Å². The number of aliphatic hydroxyl groups is 1. The Labute approximate surface area is 176 Å². The molecule has 7 nitrogen and oxygen atoms in total. The van der Waals surface area contributed by atoms with Crippen molar-refractivity contribution in [2.75, 3.05) is 33.2 Å². The van der Waals surface area contributed by atoms with E-state index < -0.39 is 0 Å². The van der Waals surface area contributed by atoms with Gasteiger partial charge in [0.05, 0.1) is 6.10 Å². The Morgan fingerprint density at radius 1 is 1.28 bits per heavy atom. The fraction of sp³-hybridized carbons (Fsp3) is 0.714. The first-order valence-corrected chi connectivity index (χ1v) is 11.6. The normalized spacial score (nSPS) is 29.5. The van der Waals surface area contributed by atoms with Crippen molar-refractivity contribution in [3.05, 3.63) is 22.4 Å². The molecule has 3 atom stereocenters. The zero-order chi connectivity index (χ0) is 20.4. The van der Waals surface area contributed by atoms with Crippen LogP contribution in [-0.4, -0.2) is 89.1 Å². The van der Waals surface area contributed by atoms with Crippen LogP contribution in [0.25, 0.3) is 0 Å². The van der Waals surface area contributed by atoms with Crippen molar-refractivity contribution in [3.63, 3.8) is 0 Å². The smallest absolute Gasteiger partial charge is 0.239 e. The molecule has 2 amide bonds. The molecule has 3 aliphatic heterocycles. The van der Waals surface area contributed by atoms with Gasteiger partial charge in [0.25, 0.3) is 0 Å². The van der Waals surface area contributed by atoms with E-state index in [0.29, 0.717) is 38.9 Å². The average molecular weight is 421 g/mol. The minimum Gasteiger partial charge on any atom is -0.393 e. The zero-order valence-electron chi connectivity index (χ0n) is 17.1. The third-order valence-electron chi connectivity index (χ3n) is 6.80. The minimum atomic E-state index is -0.265. The number of carbonyl (C=O) groups is 2. The predicted octanol–water partition coefficient (Wildman–Crippen LogP) is 0.885. The Morgan fingerprint density at radius 2 is 2.07 bits per heavy atom. The molecule has 3 fully saturated rings. The number of piperidine rings is 1. The predicted molar refractivity (Wildman–Crippen MR) is 113 cm³/mol. The summed E-state index contributed by atoms with van der Waals surface area (Å²) in [5.74, 6) is 0.290. The van der Waals surface area contributed by atoms with E-state index in [1.165, 1.54) is 4.88 Å². The Bertz CT molecular complexity index is 705. The van der Waals surface area contributed by atoms with Gasteiger partial charge in [-0.3, -0.25) is 19.4 Å². The third-order valence-corrected chi connectivity index (χ3v) is 7.66. The number of nitrogens with one attached hydrogen (secondary N) is 1. The molecule has 3 aliphatic rings. The molecule has 160 valence electrons. The number of likely N-dealkylation sites (tertiary alicyclic amines) is 2.